The Kier molecular flexibility index (Phi) is 6.11. The third-order valence-electron chi connectivity index (χ3n) is 2.21. The molecule has 0 nitrogen and oxygen atoms in total. The summed E-state index contributed by atoms with van der Waals surface area (Å²) in [6, 6.07) is 0. The Balaban J connectivity index is 3.66. The van der Waals surface area contributed by atoms with Crippen LogP contribution in [0.25, 0.3) is 0 Å². The van der Waals surface area contributed by atoms with Gasteiger partial charge >= 0.3 is 0 Å². The highest BCUT2D eigenvalue weighted by Crippen LogP contribution is 2.30. The van der Waals surface area contributed by atoms with Crippen molar-refractivity contribution < 1.29 is 0 Å². The minimum absolute atomic E-state index is 0.527. The molecule has 0 rings (SSSR count). The first-order chi connectivity index (χ1) is 5.83. The highest BCUT2D eigenvalue weighted by molar-refractivity contribution is 7.99. The fourth-order valence-corrected chi connectivity index (χ4v) is 2.07. The second kappa shape index (κ2) is 5.95. The maximum absolute atomic E-state index is 2.39. The Morgan fingerprint density at radius 1 is 1.08 bits per heavy atom. The average Bonchev–Trinajstić information content (AvgIpc) is 1.98. The van der Waals surface area contributed by atoms with Crippen LogP contribution in [0.2, 0.25) is 0 Å². The van der Waals surface area contributed by atoms with Gasteiger partial charge in [0.25, 0.3) is 0 Å². The topological polar surface area (TPSA) is 0 Å². The smallest absolute Gasteiger partial charge is 0.000948 e. The summed E-state index contributed by atoms with van der Waals surface area (Å²) in [6.07, 6.45) is 2.73. The predicted molar refractivity (Wildman–Crippen MR) is 65.4 cm³/mol. The zero-order valence-electron chi connectivity index (χ0n) is 10.2. The van der Waals surface area contributed by atoms with Crippen molar-refractivity contribution in [1.29, 1.82) is 0 Å². The molecular weight excluding hydrogens is 176 g/mol. The molecule has 0 saturated heterocycles. The SMILES string of the molecule is CC(C)CCC(C)(C)CSC(C)C. The van der Waals surface area contributed by atoms with E-state index in [1.54, 1.807) is 0 Å². The van der Waals surface area contributed by atoms with Crippen LogP contribution in [0.3, 0.4) is 0 Å². The molecular formula is C12H26S. The van der Waals surface area contributed by atoms with Crippen molar-refractivity contribution in [3.8, 4) is 0 Å². The van der Waals surface area contributed by atoms with Gasteiger partial charge in [-0.2, -0.15) is 11.8 Å². The largest absolute Gasteiger partial charge is 0.159 e. The van der Waals surface area contributed by atoms with E-state index < -0.39 is 0 Å². The van der Waals surface area contributed by atoms with E-state index in [9.17, 15) is 0 Å². The Labute approximate surface area is 88.9 Å². The van der Waals surface area contributed by atoms with Crippen molar-refractivity contribution in [2.24, 2.45) is 11.3 Å². The van der Waals surface area contributed by atoms with Gasteiger partial charge in [-0.05, 0) is 28.8 Å². The zero-order chi connectivity index (χ0) is 10.5. The summed E-state index contributed by atoms with van der Waals surface area (Å²) in [5.41, 5.74) is 0.527. The summed E-state index contributed by atoms with van der Waals surface area (Å²) in [5.74, 6) is 2.15. The zero-order valence-corrected chi connectivity index (χ0v) is 11.0. The summed E-state index contributed by atoms with van der Waals surface area (Å²) in [4.78, 5) is 0. The first-order valence-electron chi connectivity index (χ1n) is 5.45. The van der Waals surface area contributed by atoms with Gasteiger partial charge in [0.05, 0.1) is 0 Å². The summed E-state index contributed by atoms with van der Waals surface area (Å²) in [5, 5.41) is 0.776. The second-order valence-electron chi connectivity index (χ2n) is 5.46. The molecule has 0 amide bonds. The fourth-order valence-electron chi connectivity index (χ4n) is 1.14. The second-order valence-corrected chi connectivity index (χ2v) is 7.02. The Hall–Kier alpha value is 0.350. The molecule has 0 bridgehead atoms. The van der Waals surface area contributed by atoms with E-state index in [1.807, 2.05) is 0 Å². The summed E-state index contributed by atoms with van der Waals surface area (Å²) >= 11 is 2.09. The highest BCUT2D eigenvalue weighted by Gasteiger charge is 2.18. The van der Waals surface area contributed by atoms with Crippen molar-refractivity contribution in [1.82, 2.24) is 0 Å². The number of hydrogen-bond acceptors (Lipinski definition) is 1. The summed E-state index contributed by atoms with van der Waals surface area (Å²) < 4.78 is 0. The molecule has 0 aliphatic rings. The molecule has 0 aliphatic heterocycles. The van der Waals surface area contributed by atoms with Gasteiger partial charge < -0.3 is 0 Å². The van der Waals surface area contributed by atoms with E-state index in [0.29, 0.717) is 5.41 Å². The Morgan fingerprint density at radius 3 is 2.00 bits per heavy atom. The van der Waals surface area contributed by atoms with Crippen LogP contribution in [0, 0.1) is 11.3 Å². The maximum atomic E-state index is 2.39. The van der Waals surface area contributed by atoms with Crippen LogP contribution in [0.5, 0.6) is 0 Å². The molecule has 0 aromatic carbocycles. The average molecular weight is 202 g/mol. The maximum Gasteiger partial charge on any atom is -0.000948 e. The van der Waals surface area contributed by atoms with E-state index in [4.69, 9.17) is 0 Å². The Bertz CT molecular complexity index is 111. The normalized spacial score (nSPS) is 12.9. The lowest BCUT2D eigenvalue weighted by atomic mass is 9.87. The molecule has 0 heterocycles. The highest BCUT2D eigenvalue weighted by atomic mass is 32.2. The Morgan fingerprint density at radius 2 is 1.62 bits per heavy atom. The molecule has 0 saturated carbocycles. The molecule has 0 aromatic heterocycles. The van der Waals surface area contributed by atoms with E-state index in [-0.39, 0.29) is 0 Å². The van der Waals surface area contributed by atoms with E-state index in [0.717, 1.165) is 11.2 Å². The van der Waals surface area contributed by atoms with Crippen molar-refractivity contribution in [3.05, 3.63) is 0 Å². The quantitative estimate of drug-likeness (QED) is 0.607. The van der Waals surface area contributed by atoms with Crippen LogP contribution >= 0.6 is 11.8 Å². The third-order valence-corrected chi connectivity index (χ3v) is 3.82. The van der Waals surface area contributed by atoms with Gasteiger partial charge in [0.15, 0.2) is 0 Å². The molecule has 0 fully saturated rings. The van der Waals surface area contributed by atoms with Gasteiger partial charge in [0.1, 0.15) is 0 Å². The molecule has 0 atom stereocenters. The molecule has 80 valence electrons. The van der Waals surface area contributed by atoms with Gasteiger partial charge in [-0.1, -0.05) is 48.0 Å². The van der Waals surface area contributed by atoms with E-state index in [1.165, 1.54) is 18.6 Å². The summed E-state index contributed by atoms with van der Waals surface area (Å²) in [6.45, 7) is 14.0. The van der Waals surface area contributed by atoms with Gasteiger partial charge in [-0.25, -0.2) is 0 Å². The molecule has 0 N–H and O–H groups in total. The minimum atomic E-state index is 0.527. The molecule has 0 aliphatic carbocycles. The monoisotopic (exact) mass is 202 g/mol. The molecule has 0 unspecified atom stereocenters. The van der Waals surface area contributed by atoms with Crippen molar-refractivity contribution in [2.75, 3.05) is 5.75 Å². The summed E-state index contributed by atoms with van der Waals surface area (Å²) in [7, 11) is 0. The van der Waals surface area contributed by atoms with Crippen molar-refractivity contribution >= 4 is 11.8 Å². The minimum Gasteiger partial charge on any atom is -0.159 e. The van der Waals surface area contributed by atoms with Crippen LogP contribution < -0.4 is 0 Å². The molecule has 0 radical (unpaired) electrons. The van der Waals surface area contributed by atoms with Gasteiger partial charge in [0.2, 0.25) is 0 Å². The molecule has 0 spiro atoms. The lowest BCUT2D eigenvalue weighted by molar-refractivity contribution is 0.345. The van der Waals surface area contributed by atoms with Crippen LogP contribution in [0.15, 0.2) is 0 Å². The third kappa shape index (κ3) is 8.67. The number of rotatable bonds is 6. The van der Waals surface area contributed by atoms with Crippen LogP contribution in [-0.2, 0) is 0 Å². The predicted octanol–water partition coefficient (Wildman–Crippen LogP) is 4.59. The standard InChI is InChI=1S/C12H26S/c1-10(2)7-8-12(5,6)9-13-11(3)4/h10-11H,7-9H2,1-6H3. The van der Waals surface area contributed by atoms with Crippen LogP contribution in [0.1, 0.15) is 54.4 Å². The lowest BCUT2D eigenvalue weighted by Crippen LogP contribution is -2.16. The lowest BCUT2D eigenvalue weighted by Gasteiger charge is -2.26. The molecule has 1 heteroatoms. The van der Waals surface area contributed by atoms with E-state index >= 15 is 0 Å². The first kappa shape index (κ1) is 13.4. The number of thioether (sulfide) groups is 1. The van der Waals surface area contributed by atoms with Gasteiger partial charge in [0, 0.05) is 0 Å². The van der Waals surface area contributed by atoms with Crippen LogP contribution in [0.4, 0.5) is 0 Å². The van der Waals surface area contributed by atoms with Crippen molar-refractivity contribution in [2.45, 2.75) is 59.6 Å². The first-order valence-corrected chi connectivity index (χ1v) is 6.50. The van der Waals surface area contributed by atoms with Crippen molar-refractivity contribution in [3.63, 3.8) is 0 Å². The molecule has 0 aromatic rings. The van der Waals surface area contributed by atoms with E-state index in [2.05, 4.69) is 53.3 Å². The van der Waals surface area contributed by atoms with Crippen LogP contribution in [-0.4, -0.2) is 11.0 Å². The molecule has 13 heavy (non-hydrogen) atoms. The van der Waals surface area contributed by atoms with Gasteiger partial charge in [-0.3, -0.25) is 0 Å². The fraction of sp³-hybridized carbons (Fsp3) is 1.00. The van der Waals surface area contributed by atoms with Gasteiger partial charge in [-0.15, -0.1) is 0 Å². The number of hydrogen-bond donors (Lipinski definition) is 0.